The Morgan fingerprint density at radius 3 is 1.35 bits per heavy atom. The highest BCUT2D eigenvalue weighted by Crippen LogP contribution is 2.22. The van der Waals surface area contributed by atoms with Crippen LogP contribution in [0.1, 0.15) is 78.1 Å². The van der Waals surface area contributed by atoms with Crippen molar-refractivity contribution in [2.45, 2.75) is 90.1 Å². The van der Waals surface area contributed by atoms with Crippen LogP contribution >= 0.6 is 0 Å². The van der Waals surface area contributed by atoms with E-state index in [9.17, 15) is 4.79 Å². The third kappa shape index (κ3) is 7.54. The highest BCUT2D eigenvalue weighted by molar-refractivity contribution is 5.72. The molecular formula is C15H29NO. The molecule has 0 aromatic carbocycles. The summed E-state index contributed by atoms with van der Waals surface area (Å²) in [6.07, 6.45) is 14.6. The van der Waals surface area contributed by atoms with Crippen LogP contribution in [0.5, 0.6) is 0 Å². The highest BCUT2D eigenvalue weighted by atomic mass is 16.1. The Kier molecular flexibility index (Phi) is 7.50. The van der Waals surface area contributed by atoms with Gasteiger partial charge >= 0.3 is 0 Å². The lowest BCUT2D eigenvalue weighted by Crippen LogP contribution is -2.40. The third-order valence-corrected chi connectivity index (χ3v) is 3.68. The van der Waals surface area contributed by atoms with Crippen LogP contribution in [-0.2, 0) is 4.79 Å². The Labute approximate surface area is 107 Å². The summed E-state index contributed by atoms with van der Waals surface area (Å²) in [5, 5.41) is 3.86. The summed E-state index contributed by atoms with van der Waals surface area (Å²) in [4.78, 5) is 9.44. The molecule has 0 amide bonds. The maximum absolute atomic E-state index is 9.44. The first-order valence-corrected chi connectivity index (χ1v) is 7.41. The van der Waals surface area contributed by atoms with Crippen molar-refractivity contribution in [2.75, 3.05) is 0 Å². The van der Waals surface area contributed by atoms with Crippen LogP contribution in [0.3, 0.4) is 0 Å². The molecule has 2 rings (SSSR count). The van der Waals surface area contributed by atoms with Gasteiger partial charge in [-0.25, -0.2) is 0 Å². The molecule has 0 aromatic heterocycles. The molecule has 0 aromatic rings. The lowest BCUT2D eigenvalue weighted by Gasteiger charge is -2.30. The average molecular weight is 239 g/mol. The van der Waals surface area contributed by atoms with Gasteiger partial charge in [-0.05, 0) is 39.5 Å². The predicted molar refractivity (Wildman–Crippen MR) is 73.2 cm³/mol. The van der Waals surface area contributed by atoms with Gasteiger partial charge in [0.05, 0.1) is 0 Å². The molecule has 0 unspecified atom stereocenters. The van der Waals surface area contributed by atoms with E-state index in [0.29, 0.717) is 0 Å². The van der Waals surface area contributed by atoms with E-state index in [1.807, 2.05) is 0 Å². The summed E-state index contributed by atoms with van der Waals surface area (Å²) < 4.78 is 0. The largest absolute Gasteiger partial charge is 0.311 e. The molecule has 2 fully saturated rings. The fourth-order valence-electron chi connectivity index (χ4n) is 2.87. The van der Waals surface area contributed by atoms with Gasteiger partial charge in [0.15, 0.2) is 0 Å². The second kappa shape index (κ2) is 8.68. The van der Waals surface area contributed by atoms with Crippen molar-refractivity contribution in [3.8, 4) is 0 Å². The molecule has 2 saturated carbocycles. The number of Topliss-reactive ketones (excluding diaryl/α,β-unsaturated/α-hetero) is 1. The van der Waals surface area contributed by atoms with Crippen LogP contribution in [0, 0.1) is 0 Å². The first kappa shape index (κ1) is 14.7. The Morgan fingerprint density at radius 1 is 0.765 bits per heavy atom. The normalized spacial score (nSPS) is 22.7. The summed E-state index contributed by atoms with van der Waals surface area (Å²) in [7, 11) is 0. The highest BCUT2D eigenvalue weighted by Gasteiger charge is 2.19. The zero-order valence-electron chi connectivity index (χ0n) is 11.6. The molecule has 0 aliphatic heterocycles. The van der Waals surface area contributed by atoms with E-state index in [1.54, 1.807) is 0 Å². The van der Waals surface area contributed by atoms with Gasteiger partial charge in [-0.1, -0.05) is 38.5 Å². The fraction of sp³-hybridized carbons (Fsp3) is 0.933. The fourth-order valence-corrected chi connectivity index (χ4v) is 2.87. The number of carbonyl (C=O) groups is 1. The zero-order valence-corrected chi connectivity index (χ0v) is 11.6. The van der Waals surface area contributed by atoms with Gasteiger partial charge in [0, 0.05) is 12.1 Å². The molecule has 17 heavy (non-hydrogen) atoms. The van der Waals surface area contributed by atoms with Crippen LogP contribution in [-0.4, -0.2) is 17.9 Å². The van der Waals surface area contributed by atoms with E-state index < -0.39 is 0 Å². The smallest absolute Gasteiger partial charge is 0.126 e. The molecule has 0 radical (unpaired) electrons. The second-order valence-electron chi connectivity index (χ2n) is 5.74. The topological polar surface area (TPSA) is 29.1 Å². The van der Waals surface area contributed by atoms with E-state index in [4.69, 9.17) is 0 Å². The second-order valence-corrected chi connectivity index (χ2v) is 5.74. The molecular weight excluding hydrogens is 210 g/mol. The van der Waals surface area contributed by atoms with Crippen molar-refractivity contribution in [2.24, 2.45) is 0 Å². The van der Waals surface area contributed by atoms with Crippen LogP contribution in [0.4, 0.5) is 0 Å². The molecule has 0 atom stereocenters. The van der Waals surface area contributed by atoms with Crippen LogP contribution in [0.15, 0.2) is 0 Å². The minimum atomic E-state index is 0.167. The molecule has 2 aliphatic rings. The molecule has 100 valence electrons. The quantitative estimate of drug-likeness (QED) is 0.793. The first-order valence-electron chi connectivity index (χ1n) is 7.41. The zero-order chi connectivity index (χ0) is 12.5. The molecule has 0 saturated heterocycles. The van der Waals surface area contributed by atoms with E-state index in [1.165, 1.54) is 78.1 Å². The number of hydrogen-bond donors (Lipinski definition) is 1. The van der Waals surface area contributed by atoms with Gasteiger partial charge in [0.25, 0.3) is 0 Å². The van der Waals surface area contributed by atoms with Gasteiger partial charge < -0.3 is 10.1 Å². The van der Waals surface area contributed by atoms with Gasteiger partial charge in [-0.15, -0.1) is 0 Å². The van der Waals surface area contributed by atoms with Crippen LogP contribution < -0.4 is 5.32 Å². The van der Waals surface area contributed by atoms with Crippen molar-refractivity contribution in [1.82, 2.24) is 5.32 Å². The lowest BCUT2D eigenvalue weighted by molar-refractivity contribution is -0.114. The minimum absolute atomic E-state index is 0.167. The number of carbonyl (C=O) groups excluding carboxylic acids is 1. The summed E-state index contributed by atoms with van der Waals surface area (Å²) >= 11 is 0. The molecule has 0 spiro atoms. The number of ketones is 1. The Balaban J connectivity index is 0.000000317. The van der Waals surface area contributed by atoms with Gasteiger partial charge in [-0.2, -0.15) is 0 Å². The SMILES string of the molecule is C1CCC(NC2CCCCC2)CC1.CC(C)=O. The maximum atomic E-state index is 9.44. The minimum Gasteiger partial charge on any atom is -0.311 e. The summed E-state index contributed by atoms with van der Waals surface area (Å²) in [6, 6.07) is 1.74. The van der Waals surface area contributed by atoms with Crippen molar-refractivity contribution < 1.29 is 4.79 Å². The number of rotatable bonds is 2. The molecule has 2 heteroatoms. The van der Waals surface area contributed by atoms with Gasteiger partial charge in [-0.3, -0.25) is 0 Å². The number of hydrogen-bond acceptors (Lipinski definition) is 2. The van der Waals surface area contributed by atoms with E-state index in [2.05, 4.69) is 5.32 Å². The molecule has 1 N–H and O–H groups in total. The Bertz CT molecular complexity index is 183. The monoisotopic (exact) mass is 239 g/mol. The Morgan fingerprint density at radius 2 is 1.06 bits per heavy atom. The van der Waals surface area contributed by atoms with Gasteiger partial charge in [0.2, 0.25) is 0 Å². The van der Waals surface area contributed by atoms with E-state index in [0.717, 1.165) is 12.1 Å². The molecule has 0 bridgehead atoms. The van der Waals surface area contributed by atoms with Crippen molar-refractivity contribution in [1.29, 1.82) is 0 Å². The predicted octanol–water partition coefficient (Wildman–Crippen LogP) is 3.84. The Hall–Kier alpha value is -0.370. The van der Waals surface area contributed by atoms with Crippen molar-refractivity contribution in [3.63, 3.8) is 0 Å². The summed E-state index contributed by atoms with van der Waals surface area (Å²) in [5.41, 5.74) is 0. The summed E-state index contributed by atoms with van der Waals surface area (Å²) in [5.74, 6) is 0.167. The van der Waals surface area contributed by atoms with E-state index in [-0.39, 0.29) is 5.78 Å². The first-order chi connectivity index (χ1) is 8.18. The lowest BCUT2D eigenvalue weighted by atomic mass is 9.91. The van der Waals surface area contributed by atoms with Crippen LogP contribution in [0.2, 0.25) is 0 Å². The van der Waals surface area contributed by atoms with Crippen LogP contribution in [0.25, 0.3) is 0 Å². The van der Waals surface area contributed by atoms with Crippen molar-refractivity contribution >= 4 is 5.78 Å². The van der Waals surface area contributed by atoms with Crippen molar-refractivity contribution in [3.05, 3.63) is 0 Å². The standard InChI is InChI=1S/C12H23N.C3H6O/c1-3-7-11(8-4-1)13-12-9-5-2-6-10-12;1-3(2)4/h11-13H,1-10H2;1-2H3. The molecule has 2 nitrogen and oxygen atoms in total. The number of nitrogens with one attached hydrogen (secondary N) is 1. The maximum Gasteiger partial charge on any atom is 0.126 e. The molecule has 0 heterocycles. The summed E-state index contributed by atoms with van der Waals surface area (Å²) in [6.45, 7) is 3.06. The van der Waals surface area contributed by atoms with Gasteiger partial charge in [0.1, 0.15) is 5.78 Å². The third-order valence-electron chi connectivity index (χ3n) is 3.68. The molecule has 2 aliphatic carbocycles. The average Bonchev–Trinajstić information content (AvgIpc) is 2.31. The van der Waals surface area contributed by atoms with E-state index >= 15 is 0 Å².